The third-order valence-corrected chi connectivity index (χ3v) is 4.68. The lowest BCUT2D eigenvalue weighted by Crippen LogP contribution is -2.38. The zero-order valence-electron chi connectivity index (χ0n) is 11.7. The Hall–Kier alpha value is -1.07. The van der Waals surface area contributed by atoms with Crippen molar-refractivity contribution in [3.63, 3.8) is 0 Å². The molecule has 0 spiro atoms. The van der Waals surface area contributed by atoms with Crippen LogP contribution in [0.2, 0.25) is 0 Å². The van der Waals surface area contributed by atoms with Crippen LogP contribution in [-0.4, -0.2) is 24.4 Å². The minimum absolute atomic E-state index is 0.0166. The van der Waals surface area contributed by atoms with Crippen LogP contribution in [0.25, 0.3) is 0 Å². The van der Waals surface area contributed by atoms with Gasteiger partial charge in [-0.15, -0.1) is 0 Å². The van der Waals surface area contributed by atoms with E-state index >= 15 is 0 Å². The Bertz CT molecular complexity index is 510. The summed E-state index contributed by atoms with van der Waals surface area (Å²) in [6.07, 6.45) is -1.01. The molecule has 3 rings (SSSR count). The maximum Gasteiger partial charge on any atom is 0.416 e. The molecule has 2 aliphatic rings. The number of halogens is 3. The summed E-state index contributed by atoms with van der Waals surface area (Å²) < 4.78 is 44.2. The van der Waals surface area contributed by atoms with E-state index in [1.165, 1.54) is 12.1 Å². The van der Waals surface area contributed by atoms with Crippen LogP contribution in [0.3, 0.4) is 0 Å². The SMILES string of the molecule is OCC1(Cc2cccc(C(F)(F)F)c2)CCOC1C1CC1. The van der Waals surface area contributed by atoms with Gasteiger partial charge in [-0.25, -0.2) is 0 Å². The topological polar surface area (TPSA) is 29.5 Å². The Labute approximate surface area is 121 Å². The van der Waals surface area contributed by atoms with Gasteiger partial charge in [-0.3, -0.25) is 0 Å². The summed E-state index contributed by atoms with van der Waals surface area (Å²) in [6, 6.07) is 5.42. The van der Waals surface area contributed by atoms with Gasteiger partial charge in [0.15, 0.2) is 0 Å². The zero-order chi connectivity index (χ0) is 15.1. The molecule has 1 N–H and O–H groups in total. The highest BCUT2D eigenvalue weighted by Crippen LogP contribution is 2.49. The van der Waals surface area contributed by atoms with Gasteiger partial charge >= 0.3 is 6.18 Å². The highest BCUT2D eigenvalue weighted by Gasteiger charge is 2.50. The van der Waals surface area contributed by atoms with Gasteiger partial charge in [-0.2, -0.15) is 13.2 Å². The summed E-state index contributed by atoms with van der Waals surface area (Å²) in [5, 5.41) is 9.85. The molecule has 1 aliphatic carbocycles. The third-order valence-electron chi connectivity index (χ3n) is 4.68. The number of ether oxygens (including phenoxy) is 1. The molecule has 1 aliphatic heterocycles. The van der Waals surface area contributed by atoms with Gasteiger partial charge < -0.3 is 9.84 Å². The first-order valence-electron chi connectivity index (χ1n) is 7.33. The maximum atomic E-state index is 12.8. The smallest absolute Gasteiger partial charge is 0.396 e. The minimum Gasteiger partial charge on any atom is -0.396 e. The van der Waals surface area contributed by atoms with E-state index in [-0.39, 0.29) is 12.7 Å². The van der Waals surface area contributed by atoms with Crippen molar-refractivity contribution in [2.24, 2.45) is 11.3 Å². The number of rotatable bonds is 4. The molecule has 1 saturated carbocycles. The van der Waals surface area contributed by atoms with Gasteiger partial charge in [-0.05, 0) is 43.2 Å². The lowest BCUT2D eigenvalue weighted by atomic mass is 9.74. The predicted octanol–water partition coefficient (Wildman–Crippen LogP) is 3.43. The summed E-state index contributed by atoms with van der Waals surface area (Å²) >= 11 is 0. The Balaban J connectivity index is 1.84. The van der Waals surface area contributed by atoms with E-state index in [4.69, 9.17) is 4.74 Å². The maximum absolute atomic E-state index is 12.8. The van der Waals surface area contributed by atoms with Gasteiger partial charge in [0.25, 0.3) is 0 Å². The molecule has 0 radical (unpaired) electrons. The van der Waals surface area contributed by atoms with E-state index in [2.05, 4.69) is 0 Å². The molecule has 0 bridgehead atoms. The fourth-order valence-corrected chi connectivity index (χ4v) is 3.42. The quantitative estimate of drug-likeness (QED) is 0.923. The van der Waals surface area contributed by atoms with Crippen LogP contribution < -0.4 is 0 Å². The van der Waals surface area contributed by atoms with E-state index in [0.717, 1.165) is 18.9 Å². The molecule has 116 valence electrons. The van der Waals surface area contributed by atoms with Gasteiger partial charge in [0.2, 0.25) is 0 Å². The van der Waals surface area contributed by atoms with Gasteiger partial charge in [0.1, 0.15) is 0 Å². The van der Waals surface area contributed by atoms with Crippen molar-refractivity contribution in [2.45, 2.75) is 38.0 Å². The van der Waals surface area contributed by atoms with Crippen molar-refractivity contribution >= 4 is 0 Å². The molecule has 2 nitrogen and oxygen atoms in total. The van der Waals surface area contributed by atoms with Gasteiger partial charge in [0.05, 0.1) is 18.3 Å². The van der Waals surface area contributed by atoms with Gasteiger partial charge in [0, 0.05) is 12.0 Å². The lowest BCUT2D eigenvalue weighted by Gasteiger charge is -2.32. The van der Waals surface area contributed by atoms with Crippen LogP contribution in [0.4, 0.5) is 13.2 Å². The fourth-order valence-electron chi connectivity index (χ4n) is 3.42. The van der Waals surface area contributed by atoms with E-state index < -0.39 is 17.2 Å². The molecule has 1 aromatic rings. The lowest BCUT2D eigenvalue weighted by molar-refractivity contribution is -0.137. The Kier molecular flexibility index (Phi) is 3.74. The largest absolute Gasteiger partial charge is 0.416 e. The van der Waals surface area contributed by atoms with Crippen molar-refractivity contribution in [3.8, 4) is 0 Å². The second-order valence-electron chi connectivity index (χ2n) is 6.27. The molecule has 2 atom stereocenters. The van der Waals surface area contributed by atoms with Crippen molar-refractivity contribution in [1.82, 2.24) is 0 Å². The normalized spacial score (nSPS) is 29.8. The predicted molar refractivity (Wildman–Crippen MR) is 71.7 cm³/mol. The molecular formula is C16H19F3O2. The molecule has 0 aromatic heterocycles. The number of aliphatic hydroxyl groups is 1. The molecule has 0 amide bonds. The Morgan fingerprint density at radius 2 is 2.05 bits per heavy atom. The number of benzene rings is 1. The fraction of sp³-hybridized carbons (Fsp3) is 0.625. The van der Waals surface area contributed by atoms with E-state index in [1.807, 2.05) is 0 Å². The molecular weight excluding hydrogens is 281 g/mol. The van der Waals surface area contributed by atoms with Crippen molar-refractivity contribution in [1.29, 1.82) is 0 Å². The highest BCUT2D eigenvalue weighted by molar-refractivity contribution is 5.27. The first-order chi connectivity index (χ1) is 9.94. The van der Waals surface area contributed by atoms with Crippen LogP contribution in [0.15, 0.2) is 24.3 Å². The highest BCUT2D eigenvalue weighted by atomic mass is 19.4. The average molecular weight is 300 g/mol. The van der Waals surface area contributed by atoms with Crippen LogP contribution in [0.1, 0.15) is 30.4 Å². The number of aliphatic hydroxyl groups excluding tert-OH is 1. The molecule has 5 heteroatoms. The second-order valence-corrected chi connectivity index (χ2v) is 6.27. The monoisotopic (exact) mass is 300 g/mol. The number of hydrogen-bond donors (Lipinski definition) is 1. The van der Waals surface area contributed by atoms with Crippen LogP contribution in [0.5, 0.6) is 0 Å². The number of alkyl halides is 3. The molecule has 2 fully saturated rings. The molecule has 1 aromatic carbocycles. The summed E-state index contributed by atoms with van der Waals surface area (Å²) in [5.74, 6) is 0.463. The van der Waals surface area contributed by atoms with Gasteiger partial charge in [-0.1, -0.05) is 18.2 Å². The Morgan fingerprint density at radius 1 is 1.29 bits per heavy atom. The van der Waals surface area contributed by atoms with E-state index in [0.29, 0.717) is 30.9 Å². The van der Waals surface area contributed by atoms with E-state index in [1.54, 1.807) is 6.07 Å². The van der Waals surface area contributed by atoms with Crippen LogP contribution in [0, 0.1) is 11.3 Å². The zero-order valence-corrected chi connectivity index (χ0v) is 11.7. The molecule has 1 saturated heterocycles. The summed E-state index contributed by atoms with van der Waals surface area (Å²) in [6.45, 7) is 0.547. The van der Waals surface area contributed by atoms with Crippen molar-refractivity contribution < 1.29 is 23.0 Å². The third kappa shape index (κ3) is 2.94. The summed E-state index contributed by atoms with van der Waals surface area (Å²) in [7, 11) is 0. The summed E-state index contributed by atoms with van der Waals surface area (Å²) in [4.78, 5) is 0. The Morgan fingerprint density at radius 3 is 2.67 bits per heavy atom. The van der Waals surface area contributed by atoms with E-state index in [9.17, 15) is 18.3 Å². The minimum atomic E-state index is -4.33. The first-order valence-corrected chi connectivity index (χ1v) is 7.33. The number of hydrogen-bond acceptors (Lipinski definition) is 2. The first kappa shape index (κ1) is 14.9. The summed E-state index contributed by atoms with van der Waals surface area (Å²) in [5.41, 5.74) is -0.434. The van der Waals surface area contributed by atoms with Crippen molar-refractivity contribution in [2.75, 3.05) is 13.2 Å². The molecule has 2 unspecified atom stereocenters. The average Bonchev–Trinajstić information content (AvgIpc) is 3.20. The van der Waals surface area contributed by atoms with Crippen LogP contribution in [-0.2, 0) is 17.3 Å². The standard InChI is InChI=1S/C16H19F3O2/c17-16(18,19)13-3-1-2-11(8-13)9-15(10-20)6-7-21-14(15)12-4-5-12/h1-3,8,12,14,20H,4-7,9-10H2. The van der Waals surface area contributed by atoms with Crippen LogP contribution >= 0.6 is 0 Å². The second kappa shape index (κ2) is 5.29. The molecule has 21 heavy (non-hydrogen) atoms. The molecule has 1 heterocycles. The van der Waals surface area contributed by atoms with Crippen molar-refractivity contribution in [3.05, 3.63) is 35.4 Å².